The Labute approximate surface area is 291 Å². The molecule has 0 radical (unpaired) electrons. The van der Waals surface area contributed by atoms with Crippen LogP contribution in [-0.2, 0) is 19.2 Å². The standard InChI is InChI=1S/C25H36N6O8S.In.Na/c32-22(33)15-27-5-6-28(16-23(34)35)8-10-30(18-25(38)39)12-14-31(13-11-29(9-7-27)17-24(36)37)21-3-1-20(2-4-21)26-19-40;;/h1-4H,5-18H2,(H,32,33)(H,34,35)(H,36,37)(H,38,39);;/q;+3;+1/p-4. The van der Waals surface area contributed by atoms with E-state index >= 15 is 0 Å². The number of isothiocyanates is 1. The Morgan fingerprint density at radius 3 is 1.17 bits per heavy atom. The zero-order valence-corrected chi connectivity index (χ0v) is 29.8. The third-order valence-electron chi connectivity index (χ3n) is 6.37. The molecule has 1 saturated heterocycles. The first kappa shape index (κ1) is 40.4. The topological polar surface area (TPSA) is 189 Å². The van der Waals surface area contributed by atoms with Gasteiger partial charge in [0.25, 0.3) is 0 Å². The van der Waals surface area contributed by atoms with Gasteiger partial charge in [0, 0.05) is 97.3 Å². The van der Waals surface area contributed by atoms with E-state index in [2.05, 4.69) is 22.4 Å². The van der Waals surface area contributed by atoms with Crippen molar-refractivity contribution >= 4 is 78.5 Å². The first-order valence-electron chi connectivity index (χ1n) is 12.7. The number of benzene rings is 1. The van der Waals surface area contributed by atoms with Gasteiger partial charge in [0.1, 0.15) is 0 Å². The third kappa shape index (κ3) is 16.9. The van der Waals surface area contributed by atoms with Crippen LogP contribution in [0, 0.1) is 0 Å². The molecule has 1 aliphatic rings. The van der Waals surface area contributed by atoms with Crippen molar-refractivity contribution in [1.29, 1.82) is 0 Å². The summed E-state index contributed by atoms with van der Waals surface area (Å²) in [6.45, 7) is 0.731. The first-order valence-corrected chi connectivity index (χ1v) is 13.1. The van der Waals surface area contributed by atoms with E-state index in [1.54, 1.807) is 34.1 Å². The predicted octanol–water partition coefficient (Wildman–Crippen LogP) is -8.93. The Balaban J connectivity index is 0.00000840. The molecule has 0 unspecified atom stereocenters. The molecule has 1 fully saturated rings. The van der Waals surface area contributed by atoms with Crippen LogP contribution in [0.1, 0.15) is 0 Å². The van der Waals surface area contributed by atoms with Crippen molar-refractivity contribution in [3.8, 4) is 0 Å². The predicted molar refractivity (Wildman–Crippen MR) is 145 cm³/mol. The summed E-state index contributed by atoms with van der Waals surface area (Å²) in [5.74, 6) is -5.25. The second-order valence-corrected chi connectivity index (χ2v) is 9.48. The summed E-state index contributed by atoms with van der Waals surface area (Å²) in [6, 6.07) is 7.07. The van der Waals surface area contributed by atoms with E-state index in [0.29, 0.717) is 18.8 Å². The number of nitrogens with zero attached hydrogens (tertiary/aromatic N) is 6. The van der Waals surface area contributed by atoms with Gasteiger partial charge in [-0.1, -0.05) is 0 Å². The summed E-state index contributed by atoms with van der Waals surface area (Å²) in [5, 5.41) is 47.9. The van der Waals surface area contributed by atoms with Crippen molar-refractivity contribution in [1.82, 2.24) is 19.6 Å². The van der Waals surface area contributed by atoms with Gasteiger partial charge in [-0.05, 0) is 36.5 Å². The Morgan fingerprint density at radius 1 is 0.619 bits per heavy atom. The quantitative estimate of drug-likeness (QED) is 0.126. The molecule has 0 bridgehead atoms. The van der Waals surface area contributed by atoms with Crippen molar-refractivity contribution in [3.05, 3.63) is 24.3 Å². The maximum absolute atomic E-state index is 11.4. The van der Waals surface area contributed by atoms with Crippen LogP contribution < -0.4 is 54.9 Å². The second-order valence-electron chi connectivity index (χ2n) is 9.30. The molecule has 1 aliphatic heterocycles. The number of carboxylic acids is 4. The number of aliphatic imine (C=N–C) groups is 1. The third-order valence-corrected chi connectivity index (χ3v) is 6.46. The molecule has 1 aromatic carbocycles. The van der Waals surface area contributed by atoms with Crippen molar-refractivity contribution in [3.63, 3.8) is 0 Å². The van der Waals surface area contributed by atoms with Gasteiger partial charge >= 0.3 is 55.4 Å². The van der Waals surface area contributed by atoms with Crippen LogP contribution >= 0.6 is 12.2 Å². The largest absolute Gasteiger partial charge is 3.00 e. The van der Waals surface area contributed by atoms with Crippen LogP contribution in [0.15, 0.2) is 29.3 Å². The molecular formula is C25H32InN6NaO8S. The van der Waals surface area contributed by atoms with Crippen LogP contribution in [0.2, 0.25) is 0 Å². The van der Waals surface area contributed by atoms with E-state index in [0.717, 1.165) is 5.69 Å². The number of hydrogen-bond acceptors (Lipinski definition) is 15. The fraction of sp³-hybridized carbons (Fsp3) is 0.560. The summed E-state index contributed by atoms with van der Waals surface area (Å²) < 4.78 is 0. The van der Waals surface area contributed by atoms with Gasteiger partial charge in [0.15, 0.2) is 0 Å². The van der Waals surface area contributed by atoms with Crippen LogP contribution in [0.4, 0.5) is 11.4 Å². The van der Waals surface area contributed by atoms with E-state index in [4.69, 9.17) is 0 Å². The zero-order valence-electron chi connectivity index (χ0n) is 23.6. The van der Waals surface area contributed by atoms with Crippen molar-refractivity contribution < 1.29 is 69.2 Å². The second kappa shape index (κ2) is 22.0. The molecule has 42 heavy (non-hydrogen) atoms. The van der Waals surface area contributed by atoms with E-state index < -0.39 is 37.0 Å². The minimum atomic E-state index is -1.33. The number of carbonyl (C=O) groups is 4. The number of thiocarbonyl (C=S) groups is 1. The number of aliphatic carboxylic acids is 4. The molecule has 0 spiro atoms. The number of anilines is 1. The average molecular weight is 714 g/mol. The molecule has 0 amide bonds. The smallest absolute Gasteiger partial charge is 0.549 e. The van der Waals surface area contributed by atoms with Crippen molar-refractivity contribution in [2.75, 3.05) is 96.5 Å². The molecule has 1 heterocycles. The Morgan fingerprint density at radius 2 is 0.905 bits per heavy atom. The van der Waals surface area contributed by atoms with Gasteiger partial charge in [0.05, 0.1) is 34.7 Å². The summed E-state index contributed by atoms with van der Waals surface area (Å²) in [4.78, 5) is 57.8. The van der Waals surface area contributed by atoms with Crippen LogP contribution in [-0.4, -0.2) is 166 Å². The molecule has 1 aromatic rings. The summed E-state index contributed by atoms with van der Waals surface area (Å²) in [5.41, 5.74) is 1.36. The molecule has 2 rings (SSSR count). The average Bonchev–Trinajstić information content (AvgIpc) is 2.87. The number of rotatable bonds is 10. The minimum absolute atomic E-state index is 0. The normalized spacial score (nSPS) is 16.9. The molecule has 0 N–H and O–H groups in total. The van der Waals surface area contributed by atoms with Crippen LogP contribution in [0.25, 0.3) is 0 Å². The molecule has 0 saturated carbocycles. The summed E-state index contributed by atoms with van der Waals surface area (Å²) in [6.07, 6.45) is 0. The maximum atomic E-state index is 11.4. The molecule has 220 valence electrons. The van der Waals surface area contributed by atoms with Crippen molar-refractivity contribution in [2.45, 2.75) is 0 Å². The fourth-order valence-corrected chi connectivity index (χ4v) is 4.45. The SMILES string of the molecule is O=C([O-])CN1CCN(CC(=O)[O-])CCN(CC(=O)[O-])CCN(c2ccc(N=C=S)cc2)CCN(CC(=O)[O-])CC1.[In+3].[Na+]. The Hall–Kier alpha value is -1.59. The Kier molecular flexibility index (Phi) is 21.2. The molecule has 14 nitrogen and oxygen atoms in total. The number of hydrogen-bond donors (Lipinski definition) is 0. The molecular weight excluding hydrogens is 682 g/mol. The summed E-state index contributed by atoms with van der Waals surface area (Å²) >= 11 is 4.64. The molecule has 0 aliphatic carbocycles. The minimum Gasteiger partial charge on any atom is -0.549 e. The van der Waals surface area contributed by atoms with Gasteiger partial charge in [-0.25, -0.2) is 0 Å². The van der Waals surface area contributed by atoms with Crippen LogP contribution in [0.3, 0.4) is 0 Å². The number of carboxylic acid groups (broad SMARTS) is 4. The number of carbonyl (C=O) groups excluding carboxylic acids is 4. The maximum Gasteiger partial charge on any atom is 3.00 e. The fourth-order valence-electron chi connectivity index (χ4n) is 4.34. The van der Waals surface area contributed by atoms with E-state index in [-0.39, 0.29) is 121 Å². The van der Waals surface area contributed by atoms with E-state index in [1.165, 1.54) is 9.80 Å². The summed E-state index contributed by atoms with van der Waals surface area (Å²) in [7, 11) is 0. The monoisotopic (exact) mass is 714 g/mol. The van der Waals surface area contributed by atoms with Gasteiger partial charge in [-0.2, -0.15) is 4.99 Å². The van der Waals surface area contributed by atoms with Crippen LogP contribution in [0.5, 0.6) is 0 Å². The molecule has 0 atom stereocenters. The Bertz CT molecular complexity index is 1010. The van der Waals surface area contributed by atoms with Gasteiger partial charge in [-0.3, -0.25) is 19.6 Å². The van der Waals surface area contributed by atoms with E-state index in [9.17, 15) is 39.6 Å². The molecule has 17 heteroatoms. The first-order chi connectivity index (χ1) is 19.0. The molecule has 0 aromatic heterocycles. The van der Waals surface area contributed by atoms with E-state index in [1.807, 2.05) is 4.90 Å². The van der Waals surface area contributed by atoms with Gasteiger partial charge in [0.2, 0.25) is 0 Å². The van der Waals surface area contributed by atoms with Crippen molar-refractivity contribution in [2.24, 2.45) is 4.99 Å². The zero-order chi connectivity index (χ0) is 29.5. The van der Waals surface area contributed by atoms with Gasteiger partial charge < -0.3 is 44.5 Å². The van der Waals surface area contributed by atoms with Gasteiger partial charge in [-0.15, -0.1) is 0 Å².